The molecule has 0 saturated heterocycles. The third kappa shape index (κ3) is 47.7. The molecule has 0 saturated carbocycles. The SMILES string of the molecule is CCCCCCCCCCCCCC/C=C/CC/C=C/CC/C=C/C(O)C(CO)NC(=O)CCCCCCCCCCCCCCCCCCCCCCCCCCCC. The van der Waals surface area contributed by atoms with Crippen molar-refractivity contribution in [3.05, 3.63) is 36.5 Å². The summed E-state index contributed by atoms with van der Waals surface area (Å²) in [7, 11) is 0. The maximum atomic E-state index is 12.5. The van der Waals surface area contributed by atoms with E-state index in [0.717, 1.165) is 38.5 Å². The predicted molar refractivity (Wildman–Crippen MR) is 267 cm³/mol. The van der Waals surface area contributed by atoms with Gasteiger partial charge in [-0.3, -0.25) is 4.79 Å². The van der Waals surface area contributed by atoms with E-state index < -0.39 is 12.1 Å². The Kier molecular flexibility index (Phi) is 50.8. The Labute approximate surface area is 376 Å². The second-order valence-electron chi connectivity index (χ2n) is 18.6. The molecular weight excluding hydrogens is 735 g/mol. The van der Waals surface area contributed by atoms with Crippen molar-refractivity contribution in [2.75, 3.05) is 6.61 Å². The van der Waals surface area contributed by atoms with Crippen LogP contribution in [0.2, 0.25) is 0 Å². The van der Waals surface area contributed by atoms with E-state index in [-0.39, 0.29) is 12.5 Å². The van der Waals surface area contributed by atoms with Crippen molar-refractivity contribution in [2.24, 2.45) is 0 Å². The maximum absolute atomic E-state index is 12.5. The number of allylic oxidation sites excluding steroid dienone is 5. The molecule has 0 fully saturated rings. The maximum Gasteiger partial charge on any atom is 0.220 e. The van der Waals surface area contributed by atoms with Gasteiger partial charge in [0.2, 0.25) is 5.91 Å². The Morgan fingerprint density at radius 2 is 0.650 bits per heavy atom. The predicted octanol–water partition coefficient (Wildman–Crippen LogP) is 17.7. The van der Waals surface area contributed by atoms with Gasteiger partial charge in [-0.25, -0.2) is 0 Å². The second kappa shape index (κ2) is 52.0. The van der Waals surface area contributed by atoms with Gasteiger partial charge in [-0.05, 0) is 44.9 Å². The summed E-state index contributed by atoms with van der Waals surface area (Å²) in [4.78, 5) is 12.5. The lowest BCUT2D eigenvalue weighted by molar-refractivity contribution is -0.123. The lowest BCUT2D eigenvalue weighted by atomic mass is 10.0. The fourth-order valence-corrected chi connectivity index (χ4v) is 8.45. The molecule has 3 N–H and O–H groups in total. The zero-order valence-corrected chi connectivity index (χ0v) is 40.7. The number of nitrogens with one attached hydrogen (secondary N) is 1. The van der Waals surface area contributed by atoms with Crippen molar-refractivity contribution < 1.29 is 15.0 Å². The average Bonchev–Trinajstić information content (AvgIpc) is 3.25. The zero-order chi connectivity index (χ0) is 43.5. The quantitative estimate of drug-likeness (QED) is 0.0422. The summed E-state index contributed by atoms with van der Waals surface area (Å²) in [6.45, 7) is 4.32. The molecule has 0 aromatic heterocycles. The average molecular weight is 842 g/mol. The molecule has 0 aliphatic carbocycles. The normalized spacial score (nSPS) is 13.1. The number of hydrogen-bond acceptors (Lipinski definition) is 3. The summed E-state index contributed by atoms with van der Waals surface area (Å²) in [6, 6.07) is -0.643. The van der Waals surface area contributed by atoms with E-state index in [4.69, 9.17) is 0 Å². The molecular formula is C56H107NO3. The molecule has 4 heteroatoms. The molecule has 2 atom stereocenters. The second-order valence-corrected chi connectivity index (χ2v) is 18.6. The lowest BCUT2D eigenvalue weighted by Crippen LogP contribution is -2.45. The molecule has 1 amide bonds. The van der Waals surface area contributed by atoms with Gasteiger partial charge < -0.3 is 15.5 Å². The number of amides is 1. The van der Waals surface area contributed by atoms with Crippen LogP contribution in [0.3, 0.4) is 0 Å². The van der Waals surface area contributed by atoms with Crippen LogP contribution in [0.15, 0.2) is 36.5 Å². The molecule has 0 spiro atoms. The molecule has 4 nitrogen and oxygen atoms in total. The topological polar surface area (TPSA) is 69.6 Å². The molecule has 0 heterocycles. The van der Waals surface area contributed by atoms with Crippen LogP contribution < -0.4 is 5.32 Å². The fourth-order valence-electron chi connectivity index (χ4n) is 8.45. The molecule has 354 valence electrons. The van der Waals surface area contributed by atoms with Crippen LogP contribution in [0.1, 0.15) is 296 Å². The van der Waals surface area contributed by atoms with Gasteiger partial charge in [0.05, 0.1) is 18.8 Å². The number of aliphatic hydroxyl groups excluding tert-OH is 2. The number of hydrogen-bond donors (Lipinski definition) is 3. The standard InChI is InChI=1S/C56H107NO3/c1-3-5-7-9-11-13-15-17-19-21-23-25-27-28-29-30-32-34-36-38-40-42-44-46-48-50-52-56(60)57-54(53-58)55(59)51-49-47-45-43-41-39-37-35-33-31-26-24-22-20-18-16-14-12-10-8-6-4-2/h33,35,41,43,49,51,54-55,58-59H,3-32,34,36-40,42,44-48,50,52-53H2,1-2H3,(H,57,60)/b35-33+,43-41+,51-49+. The first kappa shape index (κ1) is 58.6. The zero-order valence-electron chi connectivity index (χ0n) is 40.7. The highest BCUT2D eigenvalue weighted by Crippen LogP contribution is 2.17. The first-order valence-electron chi connectivity index (χ1n) is 27.2. The highest BCUT2D eigenvalue weighted by atomic mass is 16.3. The Morgan fingerprint density at radius 3 is 0.967 bits per heavy atom. The largest absolute Gasteiger partial charge is 0.394 e. The summed E-state index contributed by atoms with van der Waals surface area (Å²) in [5.74, 6) is -0.0723. The van der Waals surface area contributed by atoms with Crippen molar-refractivity contribution in [1.29, 1.82) is 0 Å². The number of rotatable bonds is 50. The molecule has 60 heavy (non-hydrogen) atoms. The van der Waals surface area contributed by atoms with Gasteiger partial charge in [0.15, 0.2) is 0 Å². The van der Waals surface area contributed by atoms with Crippen LogP contribution in [-0.4, -0.2) is 34.9 Å². The Bertz CT molecular complexity index is 912. The minimum absolute atomic E-state index is 0.0723. The van der Waals surface area contributed by atoms with Crippen molar-refractivity contribution in [2.45, 2.75) is 309 Å². The first-order chi connectivity index (χ1) is 29.7. The molecule has 2 unspecified atom stereocenters. The summed E-state index contributed by atoms with van der Waals surface area (Å²) in [5.41, 5.74) is 0. The van der Waals surface area contributed by atoms with Crippen molar-refractivity contribution in [1.82, 2.24) is 5.32 Å². The third-order valence-corrected chi connectivity index (χ3v) is 12.6. The molecule has 0 aromatic carbocycles. The van der Waals surface area contributed by atoms with Crippen LogP contribution in [0, 0.1) is 0 Å². The minimum Gasteiger partial charge on any atom is -0.394 e. The Hall–Kier alpha value is -1.39. The van der Waals surface area contributed by atoms with E-state index in [1.165, 1.54) is 238 Å². The lowest BCUT2D eigenvalue weighted by Gasteiger charge is -2.19. The van der Waals surface area contributed by atoms with Gasteiger partial charge in [-0.15, -0.1) is 0 Å². The van der Waals surface area contributed by atoms with Gasteiger partial charge in [-0.1, -0.05) is 281 Å². The van der Waals surface area contributed by atoms with Gasteiger partial charge in [0, 0.05) is 6.42 Å². The summed E-state index contributed by atoms with van der Waals surface area (Å²) < 4.78 is 0. The van der Waals surface area contributed by atoms with Crippen LogP contribution >= 0.6 is 0 Å². The minimum atomic E-state index is -0.868. The van der Waals surface area contributed by atoms with Crippen molar-refractivity contribution in [3.8, 4) is 0 Å². The van der Waals surface area contributed by atoms with E-state index in [9.17, 15) is 15.0 Å². The molecule has 0 aliphatic heterocycles. The number of carbonyl (C=O) groups is 1. The highest BCUT2D eigenvalue weighted by molar-refractivity contribution is 5.76. The molecule has 0 bridgehead atoms. The van der Waals surface area contributed by atoms with Crippen molar-refractivity contribution >= 4 is 5.91 Å². The smallest absolute Gasteiger partial charge is 0.220 e. The third-order valence-electron chi connectivity index (χ3n) is 12.6. The molecule has 0 radical (unpaired) electrons. The number of aliphatic hydroxyl groups is 2. The molecule has 0 aliphatic rings. The monoisotopic (exact) mass is 842 g/mol. The summed E-state index contributed by atoms with van der Waals surface area (Å²) >= 11 is 0. The molecule has 0 aromatic rings. The van der Waals surface area contributed by atoms with E-state index in [0.29, 0.717) is 6.42 Å². The number of carbonyl (C=O) groups excluding carboxylic acids is 1. The summed E-state index contributed by atoms with van der Waals surface area (Å²) in [5, 5.41) is 23.1. The van der Waals surface area contributed by atoms with E-state index in [1.807, 2.05) is 6.08 Å². The van der Waals surface area contributed by atoms with Gasteiger partial charge in [0.1, 0.15) is 0 Å². The molecule has 0 rings (SSSR count). The van der Waals surface area contributed by atoms with Gasteiger partial charge in [-0.2, -0.15) is 0 Å². The van der Waals surface area contributed by atoms with Crippen LogP contribution in [0.4, 0.5) is 0 Å². The van der Waals surface area contributed by atoms with E-state index in [2.05, 4.69) is 43.5 Å². The van der Waals surface area contributed by atoms with E-state index in [1.54, 1.807) is 6.08 Å². The van der Waals surface area contributed by atoms with Gasteiger partial charge in [0.25, 0.3) is 0 Å². The van der Waals surface area contributed by atoms with Crippen LogP contribution in [-0.2, 0) is 4.79 Å². The fraction of sp³-hybridized carbons (Fsp3) is 0.875. The highest BCUT2D eigenvalue weighted by Gasteiger charge is 2.18. The Morgan fingerprint density at radius 1 is 0.383 bits per heavy atom. The van der Waals surface area contributed by atoms with Gasteiger partial charge >= 0.3 is 0 Å². The van der Waals surface area contributed by atoms with Crippen molar-refractivity contribution in [3.63, 3.8) is 0 Å². The Balaban J connectivity index is 3.53. The van der Waals surface area contributed by atoms with E-state index >= 15 is 0 Å². The first-order valence-corrected chi connectivity index (χ1v) is 27.2. The van der Waals surface area contributed by atoms with Crippen LogP contribution in [0.5, 0.6) is 0 Å². The number of unbranched alkanes of at least 4 members (excludes halogenated alkanes) is 39. The van der Waals surface area contributed by atoms with Crippen LogP contribution in [0.25, 0.3) is 0 Å². The summed E-state index contributed by atoms with van der Waals surface area (Å²) in [6.07, 6.45) is 70.2.